The Morgan fingerprint density at radius 3 is 2.33 bits per heavy atom. The molecule has 0 amide bonds. The van der Waals surface area contributed by atoms with E-state index in [1.165, 1.54) is 12.1 Å². The second kappa shape index (κ2) is 9.06. The van der Waals surface area contributed by atoms with Crippen LogP contribution in [0.15, 0.2) is 73.2 Å². The summed E-state index contributed by atoms with van der Waals surface area (Å²) in [4.78, 5) is 0. The minimum Gasteiger partial charge on any atom is -0.330 e. The molecule has 4 aromatic rings. The van der Waals surface area contributed by atoms with E-state index in [0.29, 0.717) is 29.0 Å². The highest BCUT2D eigenvalue weighted by atomic mass is 35.5. The van der Waals surface area contributed by atoms with Crippen molar-refractivity contribution in [2.45, 2.75) is 13.1 Å². The first-order chi connectivity index (χ1) is 14.5. The zero-order valence-electron chi connectivity index (χ0n) is 15.8. The fourth-order valence-electron chi connectivity index (χ4n) is 2.86. The van der Waals surface area contributed by atoms with Crippen molar-refractivity contribution >= 4 is 40.4 Å². The summed E-state index contributed by atoms with van der Waals surface area (Å²) in [6, 6.07) is 15.8. The number of halogens is 2. The molecule has 2 aromatic heterocycles. The third-order valence-electron chi connectivity index (χ3n) is 4.29. The Labute approximate surface area is 183 Å². The van der Waals surface area contributed by atoms with Crippen LogP contribution in [0.25, 0.3) is 0 Å². The molecule has 0 saturated carbocycles. The Bertz CT molecular complexity index is 1050. The minimum atomic E-state index is -0.256. The molecule has 4 rings (SSSR count). The predicted octanol–water partition coefficient (Wildman–Crippen LogP) is 4.78. The number of benzene rings is 2. The van der Waals surface area contributed by atoms with Crippen LogP contribution in [0, 0.1) is 5.82 Å². The number of anilines is 2. The van der Waals surface area contributed by atoms with Gasteiger partial charge in [0.25, 0.3) is 0 Å². The summed E-state index contributed by atoms with van der Waals surface area (Å²) in [5.74, 6) is 0.383. The summed E-state index contributed by atoms with van der Waals surface area (Å²) in [5.41, 5.74) is 2.80. The van der Waals surface area contributed by atoms with Gasteiger partial charge in [-0.15, -0.1) is 0 Å². The molecule has 0 aliphatic heterocycles. The second-order valence-corrected chi connectivity index (χ2v) is 7.50. The van der Waals surface area contributed by atoms with Crippen molar-refractivity contribution in [3.05, 3.63) is 95.2 Å². The van der Waals surface area contributed by atoms with Crippen LogP contribution in [0.5, 0.6) is 0 Å². The van der Waals surface area contributed by atoms with Crippen molar-refractivity contribution in [3.63, 3.8) is 0 Å². The van der Waals surface area contributed by atoms with Gasteiger partial charge in [0.05, 0.1) is 25.0 Å². The highest BCUT2D eigenvalue weighted by Crippen LogP contribution is 2.13. The minimum absolute atomic E-state index is 0.256. The van der Waals surface area contributed by atoms with E-state index in [0.717, 1.165) is 16.8 Å². The predicted molar refractivity (Wildman–Crippen MR) is 120 cm³/mol. The molecule has 152 valence electrons. The maximum atomic E-state index is 13.0. The number of hydrogen-bond donors (Lipinski definition) is 2. The Balaban J connectivity index is 1.30. The fourth-order valence-corrected chi connectivity index (χ4v) is 3.21. The number of thiocarbonyl (C=S) groups is 1. The van der Waals surface area contributed by atoms with E-state index in [1.54, 1.807) is 23.0 Å². The van der Waals surface area contributed by atoms with Crippen LogP contribution in [-0.2, 0) is 13.1 Å². The fraction of sp³-hybridized carbons (Fsp3) is 0.0952. The molecule has 0 unspecified atom stereocenters. The summed E-state index contributed by atoms with van der Waals surface area (Å²) in [6.07, 6.45) is 5.38. The Kier molecular flexibility index (Phi) is 6.06. The van der Waals surface area contributed by atoms with Gasteiger partial charge in [0.15, 0.2) is 10.9 Å². The number of hydrogen-bond acceptors (Lipinski definition) is 3. The second-order valence-electron chi connectivity index (χ2n) is 6.66. The van der Waals surface area contributed by atoms with Crippen molar-refractivity contribution in [1.82, 2.24) is 19.6 Å². The quantitative estimate of drug-likeness (QED) is 0.423. The van der Waals surface area contributed by atoms with E-state index < -0.39 is 0 Å². The smallest absolute Gasteiger partial charge is 0.176 e. The van der Waals surface area contributed by atoms with Crippen LogP contribution in [0.3, 0.4) is 0 Å². The molecule has 0 radical (unpaired) electrons. The van der Waals surface area contributed by atoms with Gasteiger partial charge in [-0.3, -0.25) is 9.36 Å². The molecule has 0 fully saturated rings. The van der Waals surface area contributed by atoms with Crippen LogP contribution in [0.1, 0.15) is 11.1 Å². The first-order valence-electron chi connectivity index (χ1n) is 9.16. The number of rotatable bonds is 6. The lowest BCUT2D eigenvalue weighted by molar-refractivity contribution is 0.624. The van der Waals surface area contributed by atoms with Gasteiger partial charge in [-0.1, -0.05) is 35.9 Å². The van der Waals surface area contributed by atoms with Gasteiger partial charge >= 0.3 is 0 Å². The van der Waals surface area contributed by atoms with Gasteiger partial charge in [0.2, 0.25) is 0 Å². The van der Waals surface area contributed by atoms with Gasteiger partial charge in [-0.2, -0.15) is 10.2 Å². The lowest BCUT2D eigenvalue weighted by Crippen LogP contribution is -2.19. The SMILES string of the molecule is Fc1ccc(Cn2cc(NC(=S)Nc3ccn(Cc4ccc(Cl)cc4)n3)cn2)cc1. The maximum Gasteiger partial charge on any atom is 0.176 e. The molecule has 2 aromatic carbocycles. The summed E-state index contributed by atoms with van der Waals surface area (Å²) in [5, 5.41) is 16.0. The normalized spacial score (nSPS) is 10.7. The molecule has 30 heavy (non-hydrogen) atoms. The molecule has 0 saturated heterocycles. The largest absolute Gasteiger partial charge is 0.330 e. The van der Waals surface area contributed by atoms with Crippen LogP contribution in [0.2, 0.25) is 5.02 Å². The highest BCUT2D eigenvalue weighted by Gasteiger charge is 2.06. The molecule has 6 nitrogen and oxygen atoms in total. The van der Waals surface area contributed by atoms with Crippen molar-refractivity contribution in [3.8, 4) is 0 Å². The number of nitrogens with zero attached hydrogens (tertiary/aromatic N) is 4. The third kappa shape index (κ3) is 5.43. The van der Waals surface area contributed by atoms with E-state index >= 15 is 0 Å². The maximum absolute atomic E-state index is 13.0. The van der Waals surface area contributed by atoms with Crippen molar-refractivity contribution in [2.24, 2.45) is 0 Å². The first kappa shape index (κ1) is 20.1. The zero-order chi connectivity index (χ0) is 20.9. The molecular formula is C21H18ClFN6S. The van der Waals surface area contributed by atoms with Crippen LogP contribution in [0.4, 0.5) is 15.9 Å². The lowest BCUT2D eigenvalue weighted by atomic mass is 10.2. The summed E-state index contributed by atoms with van der Waals surface area (Å²) < 4.78 is 16.6. The monoisotopic (exact) mass is 440 g/mol. The Hall–Kier alpha value is -3.23. The molecule has 2 N–H and O–H groups in total. The highest BCUT2D eigenvalue weighted by molar-refractivity contribution is 7.80. The van der Waals surface area contributed by atoms with Crippen LogP contribution >= 0.6 is 23.8 Å². The van der Waals surface area contributed by atoms with E-state index in [1.807, 2.05) is 47.4 Å². The third-order valence-corrected chi connectivity index (χ3v) is 4.75. The van der Waals surface area contributed by atoms with E-state index in [4.69, 9.17) is 23.8 Å². The zero-order valence-corrected chi connectivity index (χ0v) is 17.4. The van der Waals surface area contributed by atoms with Gasteiger partial charge in [-0.25, -0.2) is 4.39 Å². The molecule has 9 heteroatoms. The van der Waals surface area contributed by atoms with Gasteiger partial charge in [-0.05, 0) is 47.6 Å². The summed E-state index contributed by atoms with van der Waals surface area (Å²) in [7, 11) is 0. The van der Waals surface area contributed by atoms with Crippen molar-refractivity contribution in [1.29, 1.82) is 0 Å². The van der Waals surface area contributed by atoms with Crippen LogP contribution < -0.4 is 10.6 Å². The van der Waals surface area contributed by atoms with E-state index in [2.05, 4.69) is 20.8 Å². The summed E-state index contributed by atoms with van der Waals surface area (Å²) in [6.45, 7) is 1.17. The van der Waals surface area contributed by atoms with Crippen molar-refractivity contribution < 1.29 is 4.39 Å². The molecule has 0 aliphatic rings. The van der Waals surface area contributed by atoms with Crippen LogP contribution in [-0.4, -0.2) is 24.7 Å². The average Bonchev–Trinajstić information content (AvgIpc) is 3.35. The number of nitrogens with one attached hydrogen (secondary N) is 2. The average molecular weight is 441 g/mol. The van der Waals surface area contributed by atoms with E-state index in [9.17, 15) is 4.39 Å². The molecule has 0 bridgehead atoms. The Morgan fingerprint density at radius 2 is 1.60 bits per heavy atom. The van der Waals surface area contributed by atoms with Gasteiger partial charge in [0.1, 0.15) is 5.82 Å². The van der Waals surface area contributed by atoms with Gasteiger partial charge < -0.3 is 10.6 Å². The number of aromatic nitrogens is 4. The molecular weight excluding hydrogens is 423 g/mol. The molecule has 0 aliphatic carbocycles. The van der Waals surface area contributed by atoms with Crippen molar-refractivity contribution in [2.75, 3.05) is 10.6 Å². The molecule has 2 heterocycles. The topological polar surface area (TPSA) is 59.7 Å². The standard InChI is InChI=1S/C21H18ClFN6S/c22-17-5-1-15(2-6-17)12-28-10-9-20(27-28)26-21(30)25-19-11-24-29(14-19)13-16-3-7-18(23)8-4-16/h1-11,14H,12-13H2,(H2,25,26,27,30). The Morgan fingerprint density at radius 1 is 0.933 bits per heavy atom. The molecule has 0 spiro atoms. The molecule has 0 atom stereocenters. The van der Waals surface area contributed by atoms with Gasteiger partial charge in [0, 0.05) is 23.5 Å². The first-order valence-corrected chi connectivity index (χ1v) is 9.95. The summed E-state index contributed by atoms with van der Waals surface area (Å²) >= 11 is 11.3. The van der Waals surface area contributed by atoms with E-state index in [-0.39, 0.29) is 5.82 Å². The lowest BCUT2D eigenvalue weighted by Gasteiger charge is -2.06.